The number of carbonyl (C=O) groups excluding carboxylic acids is 2. The Balaban J connectivity index is 2.05. The number of aromatic nitrogens is 1. The number of amides is 2. The molecule has 2 aromatic rings. The van der Waals surface area contributed by atoms with Crippen LogP contribution in [-0.4, -0.2) is 35.3 Å². The first-order valence-electron chi connectivity index (χ1n) is 7.11. The van der Waals surface area contributed by atoms with Crippen LogP contribution in [0.25, 0.3) is 0 Å². The van der Waals surface area contributed by atoms with E-state index in [2.05, 4.69) is 10.3 Å². The number of rotatable bonds is 4. The molecule has 0 aliphatic rings. The molecule has 0 aliphatic heterocycles. The standard InChI is InChI=1S/C16H12ClF4N3O2/c1-24(15(26)9-4-5-22-13(18)6-9)8-14(25)23-10-2-3-12(17)11(7-10)16(19,20)21/h2-7H,8H2,1H3,(H,23,25). The zero-order valence-corrected chi connectivity index (χ0v) is 14.0. The summed E-state index contributed by atoms with van der Waals surface area (Å²) in [6.45, 7) is -0.452. The Bertz CT molecular complexity index is 842. The molecule has 5 nitrogen and oxygen atoms in total. The summed E-state index contributed by atoms with van der Waals surface area (Å²) in [7, 11) is 1.29. The van der Waals surface area contributed by atoms with Gasteiger partial charge in [-0.25, -0.2) is 4.98 Å². The summed E-state index contributed by atoms with van der Waals surface area (Å²) in [5.74, 6) is -2.23. The first kappa shape index (κ1) is 19.6. The van der Waals surface area contributed by atoms with E-state index in [1.165, 1.54) is 19.2 Å². The number of anilines is 1. The van der Waals surface area contributed by atoms with Gasteiger partial charge >= 0.3 is 6.18 Å². The van der Waals surface area contributed by atoms with Gasteiger partial charge < -0.3 is 10.2 Å². The van der Waals surface area contributed by atoms with Crippen molar-refractivity contribution in [1.29, 1.82) is 0 Å². The van der Waals surface area contributed by atoms with Crippen LogP contribution in [-0.2, 0) is 11.0 Å². The molecule has 0 spiro atoms. The fraction of sp³-hybridized carbons (Fsp3) is 0.188. The normalized spacial score (nSPS) is 11.2. The van der Waals surface area contributed by atoms with Crippen molar-refractivity contribution in [2.24, 2.45) is 0 Å². The quantitative estimate of drug-likeness (QED) is 0.642. The molecule has 0 aliphatic carbocycles. The molecular formula is C16H12ClF4N3O2. The van der Waals surface area contributed by atoms with E-state index in [9.17, 15) is 27.2 Å². The molecule has 2 amide bonds. The lowest BCUT2D eigenvalue weighted by molar-refractivity contribution is -0.137. The number of alkyl halides is 3. The predicted octanol–water partition coefficient (Wildman–Crippen LogP) is 3.60. The third kappa shape index (κ3) is 4.92. The largest absolute Gasteiger partial charge is 0.417 e. The zero-order chi connectivity index (χ0) is 19.5. The molecule has 0 atom stereocenters. The van der Waals surface area contributed by atoms with E-state index in [0.29, 0.717) is 6.07 Å². The topological polar surface area (TPSA) is 62.3 Å². The molecular weight excluding hydrogens is 378 g/mol. The average molecular weight is 390 g/mol. The maximum absolute atomic E-state index is 13.0. The summed E-state index contributed by atoms with van der Waals surface area (Å²) in [6, 6.07) is 5.09. The van der Waals surface area contributed by atoms with E-state index in [0.717, 1.165) is 23.2 Å². The molecule has 2 rings (SSSR count). The Kier molecular flexibility index (Phi) is 5.81. The Morgan fingerprint density at radius 2 is 1.92 bits per heavy atom. The van der Waals surface area contributed by atoms with Crippen molar-refractivity contribution in [3.63, 3.8) is 0 Å². The number of benzene rings is 1. The van der Waals surface area contributed by atoms with Gasteiger partial charge in [0, 0.05) is 30.6 Å². The van der Waals surface area contributed by atoms with Crippen molar-refractivity contribution in [3.05, 3.63) is 58.6 Å². The van der Waals surface area contributed by atoms with Crippen molar-refractivity contribution in [1.82, 2.24) is 9.88 Å². The first-order valence-corrected chi connectivity index (χ1v) is 7.49. The molecule has 0 bridgehead atoms. The SMILES string of the molecule is CN(CC(=O)Nc1ccc(Cl)c(C(F)(F)F)c1)C(=O)c1ccnc(F)c1. The van der Waals surface area contributed by atoms with Gasteiger partial charge in [0.2, 0.25) is 11.9 Å². The minimum absolute atomic E-state index is 0.0151. The second-order valence-electron chi connectivity index (χ2n) is 5.27. The maximum Gasteiger partial charge on any atom is 0.417 e. The number of nitrogens with one attached hydrogen (secondary N) is 1. The summed E-state index contributed by atoms with van der Waals surface area (Å²) in [4.78, 5) is 28.4. The Hall–Kier alpha value is -2.68. The number of hydrogen-bond acceptors (Lipinski definition) is 3. The van der Waals surface area contributed by atoms with Gasteiger partial charge in [-0.05, 0) is 24.3 Å². The van der Waals surface area contributed by atoms with Crippen LogP contribution in [0, 0.1) is 5.95 Å². The van der Waals surface area contributed by atoms with Crippen molar-refractivity contribution < 1.29 is 27.2 Å². The second-order valence-corrected chi connectivity index (χ2v) is 5.68. The van der Waals surface area contributed by atoms with Crippen molar-refractivity contribution >= 4 is 29.1 Å². The van der Waals surface area contributed by atoms with E-state index < -0.39 is 41.1 Å². The number of carbonyl (C=O) groups is 2. The molecule has 0 fully saturated rings. The molecule has 1 N–H and O–H groups in total. The Labute approximate surface area is 150 Å². The molecule has 1 aromatic heterocycles. The first-order chi connectivity index (χ1) is 12.1. The Morgan fingerprint density at radius 1 is 1.23 bits per heavy atom. The third-order valence-corrected chi connectivity index (χ3v) is 3.59. The van der Waals surface area contributed by atoms with Gasteiger partial charge in [0.15, 0.2) is 0 Å². The smallest absolute Gasteiger partial charge is 0.332 e. The van der Waals surface area contributed by atoms with E-state index >= 15 is 0 Å². The third-order valence-electron chi connectivity index (χ3n) is 3.26. The summed E-state index contributed by atoms with van der Waals surface area (Å²) >= 11 is 5.50. The number of nitrogens with zero attached hydrogens (tertiary/aromatic N) is 2. The van der Waals surface area contributed by atoms with E-state index in [-0.39, 0.29) is 11.3 Å². The van der Waals surface area contributed by atoms with E-state index in [1.54, 1.807) is 0 Å². The van der Waals surface area contributed by atoms with Crippen LogP contribution < -0.4 is 5.32 Å². The van der Waals surface area contributed by atoms with Gasteiger partial charge in [-0.15, -0.1) is 0 Å². The Morgan fingerprint density at radius 3 is 2.54 bits per heavy atom. The number of hydrogen-bond donors (Lipinski definition) is 1. The molecule has 10 heteroatoms. The summed E-state index contributed by atoms with van der Waals surface area (Å²) in [5, 5.41) is 1.75. The lowest BCUT2D eigenvalue weighted by atomic mass is 10.2. The molecule has 0 unspecified atom stereocenters. The van der Waals surface area contributed by atoms with Gasteiger partial charge in [0.05, 0.1) is 17.1 Å². The van der Waals surface area contributed by atoms with Crippen LogP contribution in [0.3, 0.4) is 0 Å². The van der Waals surface area contributed by atoms with Crippen LogP contribution in [0.1, 0.15) is 15.9 Å². The predicted molar refractivity (Wildman–Crippen MR) is 86.2 cm³/mol. The fourth-order valence-electron chi connectivity index (χ4n) is 2.06. The van der Waals surface area contributed by atoms with Crippen molar-refractivity contribution in [2.45, 2.75) is 6.18 Å². The van der Waals surface area contributed by atoms with Gasteiger partial charge in [0.1, 0.15) is 0 Å². The highest BCUT2D eigenvalue weighted by Gasteiger charge is 2.33. The average Bonchev–Trinajstić information content (AvgIpc) is 2.54. The van der Waals surface area contributed by atoms with Gasteiger partial charge in [-0.3, -0.25) is 9.59 Å². The van der Waals surface area contributed by atoms with Crippen LogP contribution in [0.15, 0.2) is 36.5 Å². The van der Waals surface area contributed by atoms with Crippen molar-refractivity contribution in [2.75, 3.05) is 18.9 Å². The number of halogens is 5. The molecule has 1 aromatic carbocycles. The summed E-state index contributed by atoms with van der Waals surface area (Å²) < 4.78 is 51.5. The van der Waals surface area contributed by atoms with Gasteiger partial charge in [0.25, 0.3) is 5.91 Å². The molecule has 0 saturated heterocycles. The monoisotopic (exact) mass is 389 g/mol. The number of pyridine rings is 1. The lowest BCUT2D eigenvalue weighted by Gasteiger charge is -2.17. The van der Waals surface area contributed by atoms with E-state index in [1.807, 2.05) is 0 Å². The molecule has 0 radical (unpaired) electrons. The molecule has 138 valence electrons. The minimum atomic E-state index is -4.67. The zero-order valence-electron chi connectivity index (χ0n) is 13.3. The fourth-order valence-corrected chi connectivity index (χ4v) is 2.29. The molecule has 1 heterocycles. The van der Waals surface area contributed by atoms with Crippen LogP contribution >= 0.6 is 11.6 Å². The van der Waals surface area contributed by atoms with Crippen LogP contribution in [0.5, 0.6) is 0 Å². The highest BCUT2D eigenvalue weighted by atomic mass is 35.5. The summed E-state index contributed by atoms with van der Waals surface area (Å²) in [6.07, 6.45) is -3.57. The summed E-state index contributed by atoms with van der Waals surface area (Å²) in [5.41, 5.74) is -1.23. The minimum Gasteiger partial charge on any atom is -0.332 e. The van der Waals surface area contributed by atoms with Crippen LogP contribution in [0.4, 0.5) is 23.2 Å². The number of likely N-dealkylation sites (N-methyl/N-ethyl adjacent to an activating group) is 1. The van der Waals surface area contributed by atoms with E-state index in [4.69, 9.17) is 11.6 Å². The second kappa shape index (κ2) is 7.69. The highest BCUT2D eigenvalue weighted by molar-refractivity contribution is 6.31. The lowest BCUT2D eigenvalue weighted by Crippen LogP contribution is -2.35. The maximum atomic E-state index is 13.0. The van der Waals surface area contributed by atoms with Gasteiger partial charge in [-0.2, -0.15) is 17.6 Å². The molecule has 0 saturated carbocycles. The van der Waals surface area contributed by atoms with Gasteiger partial charge in [-0.1, -0.05) is 11.6 Å². The van der Waals surface area contributed by atoms with Crippen LogP contribution in [0.2, 0.25) is 5.02 Å². The highest BCUT2D eigenvalue weighted by Crippen LogP contribution is 2.36. The molecule has 26 heavy (non-hydrogen) atoms. The van der Waals surface area contributed by atoms with Crippen molar-refractivity contribution in [3.8, 4) is 0 Å².